The lowest BCUT2D eigenvalue weighted by atomic mass is 9.85. The molecule has 0 saturated carbocycles. The van der Waals surface area contributed by atoms with Crippen molar-refractivity contribution in [2.75, 3.05) is 20.8 Å². The first-order chi connectivity index (χ1) is 19.5. The number of aromatic nitrogens is 1. The van der Waals surface area contributed by atoms with Crippen LogP contribution in [0.25, 0.3) is 10.9 Å². The molecular weight excluding hydrogens is 550 g/mol. The standard InChI is InChI=1S/C30H26F6N2O3/c1-39-19-5-6-24-21(11-19)22-12-26-20-13-28(27(40-2)9-16(20)7-8-38(26)14-25(22)37-24)41-15-17-3-4-18(29(31,32)33)10-23(17)30(34,35)36/h3-6,9-11,13,26,37H,7-8,12,14-15H2,1-2H3. The van der Waals surface area contributed by atoms with Crippen LogP contribution in [0.4, 0.5) is 26.3 Å². The number of ether oxygens (including phenoxy) is 3. The number of alkyl halides is 6. The number of nitrogens with one attached hydrogen (secondary N) is 1. The molecule has 0 fully saturated rings. The maximum atomic E-state index is 13.7. The van der Waals surface area contributed by atoms with E-state index in [9.17, 15) is 26.3 Å². The van der Waals surface area contributed by atoms with E-state index in [0.29, 0.717) is 24.8 Å². The summed E-state index contributed by atoms with van der Waals surface area (Å²) >= 11 is 0. The van der Waals surface area contributed by atoms with Gasteiger partial charge in [0, 0.05) is 41.3 Å². The highest BCUT2D eigenvalue weighted by Gasteiger charge is 2.39. The highest BCUT2D eigenvalue weighted by Crippen LogP contribution is 2.45. The van der Waals surface area contributed by atoms with E-state index in [-0.39, 0.29) is 17.9 Å². The van der Waals surface area contributed by atoms with E-state index in [2.05, 4.69) is 9.88 Å². The number of H-pyrrole nitrogens is 1. The smallest absolute Gasteiger partial charge is 0.416 e. The number of aromatic amines is 1. The molecule has 0 saturated heterocycles. The van der Waals surface area contributed by atoms with Gasteiger partial charge in [0.25, 0.3) is 0 Å². The molecule has 41 heavy (non-hydrogen) atoms. The first-order valence-corrected chi connectivity index (χ1v) is 13.0. The molecule has 4 aromatic rings. The van der Waals surface area contributed by atoms with Crippen LogP contribution in [0.1, 0.15) is 45.1 Å². The molecule has 0 aliphatic carbocycles. The van der Waals surface area contributed by atoms with Gasteiger partial charge >= 0.3 is 12.4 Å². The summed E-state index contributed by atoms with van der Waals surface area (Å²) in [6, 6.07) is 11.1. The predicted octanol–water partition coefficient (Wildman–Crippen LogP) is 7.46. The molecule has 2 aliphatic heterocycles. The van der Waals surface area contributed by atoms with Crippen LogP contribution < -0.4 is 14.2 Å². The van der Waals surface area contributed by atoms with Crippen molar-refractivity contribution >= 4 is 10.9 Å². The first-order valence-electron chi connectivity index (χ1n) is 13.0. The van der Waals surface area contributed by atoms with Crippen LogP contribution in [0, 0.1) is 0 Å². The predicted molar refractivity (Wildman–Crippen MR) is 139 cm³/mol. The number of halogens is 6. The minimum Gasteiger partial charge on any atom is -0.497 e. The molecule has 6 rings (SSSR count). The van der Waals surface area contributed by atoms with Crippen molar-refractivity contribution in [3.63, 3.8) is 0 Å². The summed E-state index contributed by atoms with van der Waals surface area (Å²) in [6.45, 7) is 0.946. The Morgan fingerprint density at radius 3 is 2.41 bits per heavy atom. The van der Waals surface area contributed by atoms with Crippen LogP contribution in [-0.2, 0) is 38.3 Å². The third kappa shape index (κ3) is 4.96. The molecule has 3 heterocycles. The number of hydrogen-bond donors (Lipinski definition) is 1. The van der Waals surface area contributed by atoms with Gasteiger partial charge in [0.15, 0.2) is 11.5 Å². The van der Waals surface area contributed by atoms with Crippen LogP contribution in [0.15, 0.2) is 48.5 Å². The van der Waals surface area contributed by atoms with Gasteiger partial charge in [-0.1, -0.05) is 6.07 Å². The zero-order valence-corrected chi connectivity index (χ0v) is 22.2. The van der Waals surface area contributed by atoms with Crippen molar-refractivity contribution in [3.05, 3.63) is 87.6 Å². The summed E-state index contributed by atoms with van der Waals surface area (Å²) in [6.07, 6.45) is -8.42. The average molecular weight is 577 g/mol. The van der Waals surface area contributed by atoms with E-state index in [0.717, 1.165) is 52.5 Å². The number of methoxy groups -OCH3 is 2. The van der Waals surface area contributed by atoms with Crippen molar-refractivity contribution in [2.24, 2.45) is 0 Å². The quantitative estimate of drug-likeness (QED) is 0.251. The summed E-state index contributed by atoms with van der Waals surface area (Å²) in [5.41, 5.74) is 2.23. The van der Waals surface area contributed by atoms with Gasteiger partial charge in [0.05, 0.1) is 25.3 Å². The van der Waals surface area contributed by atoms with Gasteiger partial charge in [-0.3, -0.25) is 4.90 Å². The molecule has 11 heteroatoms. The summed E-state index contributed by atoms with van der Waals surface area (Å²) in [4.78, 5) is 5.87. The third-order valence-electron chi connectivity index (χ3n) is 7.98. The lowest BCUT2D eigenvalue weighted by Crippen LogP contribution is -2.39. The van der Waals surface area contributed by atoms with Crippen LogP contribution in [0.2, 0.25) is 0 Å². The number of rotatable bonds is 5. The zero-order valence-electron chi connectivity index (χ0n) is 22.2. The van der Waals surface area contributed by atoms with Crippen molar-refractivity contribution in [2.45, 2.75) is 44.4 Å². The molecule has 1 atom stereocenters. The molecule has 1 unspecified atom stereocenters. The fourth-order valence-corrected chi connectivity index (χ4v) is 5.93. The molecule has 0 bridgehead atoms. The van der Waals surface area contributed by atoms with E-state index in [4.69, 9.17) is 14.2 Å². The summed E-state index contributed by atoms with van der Waals surface area (Å²) in [5.74, 6) is 1.34. The Labute approximate surface area is 231 Å². The summed E-state index contributed by atoms with van der Waals surface area (Å²) in [5, 5.41) is 1.08. The lowest BCUT2D eigenvalue weighted by Gasteiger charge is -2.40. The first kappa shape index (κ1) is 27.3. The lowest BCUT2D eigenvalue weighted by molar-refractivity contribution is -0.143. The molecule has 0 amide bonds. The van der Waals surface area contributed by atoms with Gasteiger partial charge in [-0.25, -0.2) is 0 Å². The summed E-state index contributed by atoms with van der Waals surface area (Å²) in [7, 11) is 3.06. The van der Waals surface area contributed by atoms with E-state index < -0.39 is 35.6 Å². The highest BCUT2D eigenvalue weighted by molar-refractivity contribution is 5.86. The Bertz CT molecular complexity index is 1630. The Hall–Kier alpha value is -3.86. The minimum absolute atomic E-state index is 0.00140. The normalized spacial score (nSPS) is 17.1. The Morgan fingerprint density at radius 1 is 0.902 bits per heavy atom. The van der Waals surface area contributed by atoms with Gasteiger partial charge in [0.1, 0.15) is 12.4 Å². The van der Waals surface area contributed by atoms with Crippen molar-refractivity contribution in [3.8, 4) is 17.2 Å². The third-order valence-corrected chi connectivity index (χ3v) is 7.98. The van der Waals surface area contributed by atoms with Gasteiger partial charge in [-0.15, -0.1) is 0 Å². The topological polar surface area (TPSA) is 46.7 Å². The maximum Gasteiger partial charge on any atom is 0.416 e. The van der Waals surface area contributed by atoms with Crippen molar-refractivity contribution in [1.29, 1.82) is 0 Å². The molecule has 2 aliphatic rings. The van der Waals surface area contributed by atoms with E-state index in [1.165, 1.54) is 12.7 Å². The SMILES string of the molecule is COc1ccc2[nH]c3c(c2c1)CC1c2cc(OCc4ccc(C(F)(F)F)cc4C(F)(F)F)c(OC)cc2CCN1C3. The summed E-state index contributed by atoms with van der Waals surface area (Å²) < 4.78 is 97.1. The van der Waals surface area contributed by atoms with Crippen LogP contribution in [0.5, 0.6) is 17.2 Å². The maximum absolute atomic E-state index is 13.7. The van der Waals surface area contributed by atoms with E-state index in [1.807, 2.05) is 24.3 Å². The second-order valence-electron chi connectivity index (χ2n) is 10.3. The van der Waals surface area contributed by atoms with Crippen molar-refractivity contribution < 1.29 is 40.6 Å². The second-order valence-corrected chi connectivity index (χ2v) is 10.3. The molecule has 216 valence electrons. The zero-order chi connectivity index (χ0) is 29.1. The highest BCUT2D eigenvalue weighted by atomic mass is 19.4. The monoisotopic (exact) mass is 576 g/mol. The molecule has 1 aromatic heterocycles. The Balaban J connectivity index is 1.33. The van der Waals surface area contributed by atoms with Crippen molar-refractivity contribution in [1.82, 2.24) is 9.88 Å². The average Bonchev–Trinajstić information content (AvgIpc) is 3.29. The fourth-order valence-electron chi connectivity index (χ4n) is 5.93. The molecule has 5 nitrogen and oxygen atoms in total. The largest absolute Gasteiger partial charge is 0.497 e. The number of nitrogens with zero attached hydrogens (tertiary/aromatic N) is 1. The minimum atomic E-state index is -4.98. The number of fused-ring (bicyclic) bond motifs is 6. The van der Waals surface area contributed by atoms with Gasteiger partial charge in [0.2, 0.25) is 0 Å². The Morgan fingerprint density at radius 2 is 1.71 bits per heavy atom. The van der Waals surface area contributed by atoms with Gasteiger partial charge in [-0.2, -0.15) is 26.3 Å². The Kier molecular flexibility index (Phi) is 6.60. The van der Waals surface area contributed by atoms with E-state index in [1.54, 1.807) is 13.2 Å². The van der Waals surface area contributed by atoms with Crippen LogP contribution in [0.3, 0.4) is 0 Å². The van der Waals surface area contributed by atoms with Crippen LogP contribution in [-0.4, -0.2) is 30.6 Å². The second kappa shape index (κ2) is 9.90. The molecule has 0 spiro atoms. The molecular formula is C30H26F6N2O3. The number of hydrogen-bond acceptors (Lipinski definition) is 4. The van der Waals surface area contributed by atoms with E-state index >= 15 is 0 Å². The molecule has 1 N–H and O–H groups in total. The van der Waals surface area contributed by atoms with Crippen LogP contribution >= 0.6 is 0 Å². The number of benzene rings is 3. The van der Waals surface area contributed by atoms with Gasteiger partial charge in [-0.05, 0) is 72.0 Å². The fraction of sp³-hybridized carbons (Fsp3) is 0.333. The molecule has 3 aromatic carbocycles. The van der Waals surface area contributed by atoms with Gasteiger partial charge < -0.3 is 19.2 Å². The molecule has 0 radical (unpaired) electrons.